The molecule has 0 bridgehead atoms. The van der Waals surface area contributed by atoms with Gasteiger partial charge in [0.05, 0.1) is 0 Å². The number of hydrogen-bond donors (Lipinski definition) is 2. The summed E-state index contributed by atoms with van der Waals surface area (Å²) in [6, 6.07) is 1.74. The summed E-state index contributed by atoms with van der Waals surface area (Å²) in [5.74, 6) is 0.443. The summed E-state index contributed by atoms with van der Waals surface area (Å²) >= 11 is 1.39. The van der Waals surface area contributed by atoms with Crippen LogP contribution in [-0.4, -0.2) is 27.4 Å². The van der Waals surface area contributed by atoms with E-state index in [9.17, 15) is 4.79 Å². The fourth-order valence-electron chi connectivity index (χ4n) is 1.15. The minimum Gasteiger partial charge on any atom is -0.354 e. The topological polar surface area (TPSA) is 79.8 Å². The van der Waals surface area contributed by atoms with Crippen LogP contribution >= 0.6 is 11.3 Å². The zero-order chi connectivity index (χ0) is 11.9. The lowest BCUT2D eigenvalue weighted by Crippen LogP contribution is -2.16. The van der Waals surface area contributed by atoms with Gasteiger partial charge in [0.15, 0.2) is 5.13 Å². The first-order valence-electron chi connectivity index (χ1n) is 5.05. The quantitative estimate of drug-likeness (QED) is 0.836. The molecule has 0 spiro atoms. The molecule has 2 rings (SSSR count). The highest BCUT2D eigenvalue weighted by Crippen LogP contribution is 2.10. The van der Waals surface area contributed by atoms with Crippen LogP contribution in [-0.2, 0) is 4.79 Å². The number of nitrogens with zero attached hydrogens (tertiary/aromatic N) is 3. The fraction of sp³-hybridized carbons (Fsp3) is 0.200. The van der Waals surface area contributed by atoms with Gasteiger partial charge < -0.3 is 10.6 Å². The van der Waals surface area contributed by atoms with Gasteiger partial charge in [-0.25, -0.2) is 15.0 Å². The van der Waals surface area contributed by atoms with E-state index in [1.54, 1.807) is 24.7 Å². The molecule has 0 atom stereocenters. The van der Waals surface area contributed by atoms with Crippen LogP contribution in [0.2, 0.25) is 0 Å². The van der Waals surface area contributed by atoms with Crippen molar-refractivity contribution in [3.05, 3.63) is 30.0 Å². The molecule has 0 aliphatic heterocycles. The highest BCUT2D eigenvalue weighted by atomic mass is 32.1. The second kappa shape index (κ2) is 5.90. The largest absolute Gasteiger partial charge is 0.354 e. The molecule has 0 radical (unpaired) electrons. The minimum atomic E-state index is -0.0802. The number of thiazole rings is 1. The summed E-state index contributed by atoms with van der Waals surface area (Å²) in [7, 11) is 0. The second-order valence-electron chi connectivity index (χ2n) is 3.13. The number of anilines is 2. The third kappa shape index (κ3) is 3.80. The Kier molecular flexibility index (Phi) is 3.98. The van der Waals surface area contributed by atoms with Crippen LogP contribution in [0.3, 0.4) is 0 Å². The maximum Gasteiger partial charge on any atom is 0.227 e. The van der Waals surface area contributed by atoms with Crippen molar-refractivity contribution in [2.24, 2.45) is 0 Å². The number of carbonyl (C=O) groups excluding carboxylic acids is 1. The number of nitrogens with one attached hydrogen (secondary N) is 2. The SMILES string of the molecule is O=C(CCNc1ncccn1)Nc1nccs1. The normalized spacial score (nSPS) is 9.88. The Balaban J connectivity index is 1.70. The van der Waals surface area contributed by atoms with Gasteiger partial charge in [0.1, 0.15) is 0 Å². The number of aromatic nitrogens is 3. The predicted molar refractivity (Wildman–Crippen MR) is 65.9 cm³/mol. The Morgan fingerprint density at radius 2 is 2.06 bits per heavy atom. The first kappa shape index (κ1) is 11.5. The maximum absolute atomic E-state index is 11.5. The molecular formula is C10H11N5OS. The van der Waals surface area contributed by atoms with Crippen LogP contribution in [0, 0.1) is 0 Å². The van der Waals surface area contributed by atoms with Gasteiger partial charge in [-0.05, 0) is 6.07 Å². The molecule has 0 aliphatic carbocycles. The summed E-state index contributed by atoms with van der Waals surface area (Å²) in [5, 5.41) is 8.08. The molecule has 0 fully saturated rings. The highest BCUT2D eigenvalue weighted by molar-refractivity contribution is 7.13. The summed E-state index contributed by atoms with van der Waals surface area (Å²) in [4.78, 5) is 23.4. The van der Waals surface area contributed by atoms with Crippen molar-refractivity contribution in [1.82, 2.24) is 15.0 Å². The molecular weight excluding hydrogens is 238 g/mol. The summed E-state index contributed by atoms with van der Waals surface area (Å²) in [5.41, 5.74) is 0. The van der Waals surface area contributed by atoms with Crippen LogP contribution in [0.1, 0.15) is 6.42 Å². The monoisotopic (exact) mass is 249 g/mol. The molecule has 2 aromatic heterocycles. The van der Waals surface area contributed by atoms with E-state index in [1.165, 1.54) is 11.3 Å². The lowest BCUT2D eigenvalue weighted by molar-refractivity contribution is -0.115. The van der Waals surface area contributed by atoms with Crippen molar-refractivity contribution >= 4 is 28.3 Å². The molecule has 0 saturated heterocycles. The van der Waals surface area contributed by atoms with Crippen LogP contribution < -0.4 is 10.6 Å². The second-order valence-corrected chi connectivity index (χ2v) is 4.03. The van der Waals surface area contributed by atoms with E-state index in [4.69, 9.17) is 0 Å². The van der Waals surface area contributed by atoms with Gasteiger partial charge in [-0.3, -0.25) is 4.79 Å². The van der Waals surface area contributed by atoms with E-state index in [0.717, 1.165) is 0 Å². The molecule has 2 N–H and O–H groups in total. The smallest absolute Gasteiger partial charge is 0.227 e. The molecule has 0 aromatic carbocycles. The summed E-state index contributed by atoms with van der Waals surface area (Å²) in [6.45, 7) is 0.487. The molecule has 17 heavy (non-hydrogen) atoms. The maximum atomic E-state index is 11.5. The van der Waals surface area contributed by atoms with Crippen LogP contribution in [0.25, 0.3) is 0 Å². The molecule has 1 amide bonds. The van der Waals surface area contributed by atoms with Gasteiger partial charge in [-0.2, -0.15) is 0 Å². The van der Waals surface area contributed by atoms with E-state index < -0.39 is 0 Å². The molecule has 0 aliphatic rings. The number of hydrogen-bond acceptors (Lipinski definition) is 6. The van der Waals surface area contributed by atoms with Crippen molar-refractivity contribution in [3.63, 3.8) is 0 Å². The first-order chi connectivity index (χ1) is 8.34. The molecule has 7 heteroatoms. The molecule has 2 heterocycles. The van der Waals surface area contributed by atoms with E-state index >= 15 is 0 Å². The van der Waals surface area contributed by atoms with Crippen LogP contribution in [0.4, 0.5) is 11.1 Å². The zero-order valence-electron chi connectivity index (χ0n) is 8.96. The Morgan fingerprint density at radius 1 is 1.24 bits per heavy atom. The Morgan fingerprint density at radius 3 is 2.76 bits per heavy atom. The summed E-state index contributed by atoms with van der Waals surface area (Å²) in [6.07, 6.45) is 5.28. The standard InChI is InChI=1S/C10H11N5OS/c16-8(15-10-14-6-7-17-10)2-5-13-9-11-3-1-4-12-9/h1,3-4,6-7H,2,5H2,(H,11,12,13)(H,14,15,16). The number of amides is 1. The van der Waals surface area contributed by atoms with Gasteiger partial charge in [0.25, 0.3) is 0 Å². The van der Waals surface area contributed by atoms with Gasteiger partial charge >= 0.3 is 0 Å². The van der Waals surface area contributed by atoms with Gasteiger partial charge in [-0.1, -0.05) is 0 Å². The van der Waals surface area contributed by atoms with E-state index in [0.29, 0.717) is 24.0 Å². The van der Waals surface area contributed by atoms with Gasteiger partial charge in [0.2, 0.25) is 11.9 Å². The molecule has 6 nitrogen and oxygen atoms in total. The van der Waals surface area contributed by atoms with Gasteiger partial charge in [0, 0.05) is 36.9 Å². The van der Waals surface area contributed by atoms with Gasteiger partial charge in [-0.15, -0.1) is 11.3 Å². The fourth-order valence-corrected chi connectivity index (χ4v) is 1.69. The minimum absolute atomic E-state index is 0.0802. The van der Waals surface area contributed by atoms with Crippen molar-refractivity contribution in [1.29, 1.82) is 0 Å². The third-order valence-electron chi connectivity index (χ3n) is 1.88. The average Bonchev–Trinajstić information content (AvgIpc) is 2.83. The van der Waals surface area contributed by atoms with E-state index in [2.05, 4.69) is 25.6 Å². The molecule has 0 saturated carbocycles. The Bertz CT molecular complexity index is 459. The van der Waals surface area contributed by atoms with Crippen molar-refractivity contribution in [3.8, 4) is 0 Å². The van der Waals surface area contributed by atoms with Crippen molar-refractivity contribution in [2.75, 3.05) is 17.2 Å². The average molecular weight is 249 g/mol. The lowest BCUT2D eigenvalue weighted by Gasteiger charge is -2.03. The summed E-state index contributed by atoms with van der Waals surface area (Å²) < 4.78 is 0. The van der Waals surface area contributed by atoms with E-state index in [-0.39, 0.29) is 5.91 Å². The zero-order valence-corrected chi connectivity index (χ0v) is 9.78. The lowest BCUT2D eigenvalue weighted by atomic mass is 10.4. The molecule has 2 aromatic rings. The van der Waals surface area contributed by atoms with E-state index in [1.807, 2.05) is 5.38 Å². The molecule has 88 valence electrons. The predicted octanol–water partition coefficient (Wildman–Crippen LogP) is 1.37. The number of rotatable bonds is 5. The highest BCUT2D eigenvalue weighted by Gasteiger charge is 2.03. The third-order valence-corrected chi connectivity index (χ3v) is 2.57. The Hall–Kier alpha value is -2.02. The first-order valence-corrected chi connectivity index (χ1v) is 5.93. The van der Waals surface area contributed by atoms with Crippen LogP contribution in [0.15, 0.2) is 30.0 Å². The molecule has 0 unspecified atom stereocenters. The van der Waals surface area contributed by atoms with Crippen molar-refractivity contribution < 1.29 is 4.79 Å². The van der Waals surface area contributed by atoms with Crippen molar-refractivity contribution in [2.45, 2.75) is 6.42 Å². The Labute approximate surface area is 102 Å². The number of carbonyl (C=O) groups is 1. The van der Waals surface area contributed by atoms with Crippen LogP contribution in [0.5, 0.6) is 0 Å².